The van der Waals surface area contributed by atoms with E-state index in [1.54, 1.807) is 6.07 Å². The second-order valence-corrected chi connectivity index (χ2v) is 9.55. The molecule has 5 rings (SSSR count). The molecule has 2 aromatic rings. The summed E-state index contributed by atoms with van der Waals surface area (Å²) < 4.78 is 11.8. The molecule has 3 aliphatic rings. The van der Waals surface area contributed by atoms with E-state index in [1.165, 1.54) is 43.1 Å². The normalized spacial score (nSPS) is 22.3. The average Bonchev–Trinajstić information content (AvgIpc) is 2.74. The second-order valence-electron chi connectivity index (χ2n) is 9.55. The lowest BCUT2D eigenvalue weighted by molar-refractivity contribution is -0.0345. The van der Waals surface area contributed by atoms with Crippen molar-refractivity contribution in [2.45, 2.75) is 58.2 Å². The Balaban J connectivity index is 1.17. The SMILES string of the molecule is CC(Oc1coc(CN2CCc3ccccc3C2)cc1=O)C1CC2(CCNCC2)C1. The van der Waals surface area contributed by atoms with E-state index < -0.39 is 0 Å². The fourth-order valence-corrected chi connectivity index (χ4v) is 5.56. The number of piperidine rings is 1. The van der Waals surface area contributed by atoms with Crippen LogP contribution in [0.5, 0.6) is 5.75 Å². The van der Waals surface area contributed by atoms with Gasteiger partial charge in [-0.05, 0) is 74.6 Å². The summed E-state index contributed by atoms with van der Waals surface area (Å²) in [5, 5.41) is 3.45. The summed E-state index contributed by atoms with van der Waals surface area (Å²) in [5.74, 6) is 1.59. The Morgan fingerprint density at radius 3 is 2.77 bits per heavy atom. The minimum atomic E-state index is -0.0728. The van der Waals surface area contributed by atoms with Crippen molar-refractivity contribution in [1.29, 1.82) is 0 Å². The molecule has 0 amide bonds. The van der Waals surface area contributed by atoms with Crippen molar-refractivity contribution < 1.29 is 9.15 Å². The lowest BCUT2D eigenvalue weighted by Gasteiger charge is -2.52. The van der Waals surface area contributed by atoms with Crippen LogP contribution in [0.25, 0.3) is 0 Å². The summed E-state index contributed by atoms with van der Waals surface area (Å²) in [6.45, 7) is 6.89. The van der Waals surface area contributed by atoms with Gasteiger partial charge in [-0.3, -0.25) is 9.69 Å². The third-order valence-corrected chi connectivity index (χ3v) is 7.47. The van der Waals surface area contributed by atoms with Gasteiger partial charge in [-0.15, -0.1) is 0 Å². The van der Waals surface area contributed by atoms with Gasteiger partial charge in [0.25, 0.3) is 0 Å². The highest BCUT2D eigenvalue weighted by Gasteiger charge is 2.47. The van der Waals surface area contributed by atoms with Crippen LogP contribution in [0.15, 0.2) is 45.8 Å². The van der Waals surface area contributed by atoms with Crippen molar-refractivity contribution in [1.82, 2.24) is 10.2 Å². The molecule has 3 heterocycles. The summed E-state index contributed by atoms with van der Waals surface area (Å²) in [5.41, 5.74) is 3.24. The molecule has 1 atom stereocenters. The number of hydrogen-bond acceptors (Lipinski definition) is 5. The van der Waals surface area contributed by atoms with Crippen LogP contribution in [-0.2, 0) is 19.5 Å². The van der Waals surface area contributed by atoms with E-state index >= 15 is 0 Å². The lowest BCUT2D eigenvalue weighted by atomic mass is 9.56. The molecule has 1 unspecified atom stereocenters. The third-order valence-electron chi connectivity index (χ3n) is 7.47. The molecule has 30 heavy (non-hydrogen) atoms. The summed E-state index contributed by atoms with van der Waals surface area (Å²) in [7, 11) is 0. The van der Waals surface area contributed by atoms with Crippen molar-refractivity contribution in [2.24, 2.45) is 11.3 Å². The lowest BCUT2D eigenvalue weighted by Crippen LogP contribution is -2.49. The van der Waals surface area contributed by atoms with Crippen molar-refractivity contribution in [3.8, 4) is 5.75 Å². The third kappa shape index (κ3) is 4.06. The Kier molecular flexibility index (Phi) is 5.42. The van der Waals surface area contributed by atoms with E-state index in [2.05, 4.69) is 41.4 Å². The number of benzene rings is 1. The first kappa shape index (κ1) is 19.8. The van der Waals surface area contributed by atoms with Gasteiger partial charge in [-0.1, -0.05) is 24.3 Å². The Morgan fingerprint density at radius 1 is 1.23 bits per heavy atom. The fraction of sp³-hybridized carbons (Fsp3) is 0.560. The highest BCUT2D eigenvalue weighted by molar-refractivity contribution is 5.29. The topological polar surface area (TPSA) is 54.7 Å². The largest absolute Gasteiger partial charge is 0.483 e. The summed E-state index contributed by atoms with van der Waals surface area (Å²) in [4.78, 5) is 15.0. The molecule has 1 aromatic carbocycles. The Hall–Kier alpha value is -2.11. The monoisotopic (exact) mass is 408 g/mol. The van der Waals surface area contributed by atoms with E-state index in [0.29, 0.717) is 29.4 Å². The standard InChI is InChI=1S/C25H32N2O3/c1-18(21-13-25(14-21)7-9-26-10-8-25)30-24-17-29-22(12-23(24)28)16-27-11-6-19-4-2-3-5-20(19)15-27/h2-5,12,17-18,21,26H,6-11,13-16H2,1H3. The second kappa shape index (κ2) is 8.20. The number of rotatable bonds is 5. The molecular formula is C25H32N2O3. The first-order valence-corrected chi connectivity index (χ1v) is 11.4. The maximum atomic E-state index is 12.6. The Morgan fingerprint density at radius 2 is 2.00 bits per heavy atom. The van der Waals surface area contributed by atoms with Gasteiger partial charge in [0.05, 0.1) is 12.6 Å². The van der Waals surface area contributed by atoms with E-state index in [0.717, 1.165) is 32.6 Å². The minimum Gasteiger partial charge on any atom is -0.483 e. The van der Waals surface area contributed by atoms with Crippen LogP contribution < -0.4 is 15.5 Å². The number of ether oxygens (including phenoxy) is 1. The highest BCUT2D eigenvalue weighted by Crippen LogP contribution is 2.53. The van der Waals surface area contributed by atoms with Gasteiger partial charge in [0.1, 0.15) is 12.0 Å². The van der Waals surface area contributed by atoms with Crippen LogP contribution in [0.3, 0.4) is 0 Å². The number of nitrogens with one attached hydrogen (secondary N) is 1. The molecule has 1 aliphatic carbocycles. The molecular weight excluding hydrogens is 376 g/mol. The summed E-state index contributed by atoms with van der Waals surface area (Å²) in [6, 6.07) is 10.2. The quantitative estimate of drug-likeness (QED) is 0.817. The smallest absolute Gasteiger partial charge is 0.227 e. The van der Waals surface area contributed by atoms with Crippen LogP contribution in [0.4, 0.5) is 0 Å². The van der Waals surface area contributed by atoms with Crippen LogP contribution in [0, 0.1) is 11.3 Å². The Labute approximate surface area is 178 Å². The van der Waals surface area contributed by atoms with Gasteiger partial charge in [0, 0.05) is 19.2 Å². The maximum absolute atomic E-state index is 12.6. The van der Waals surface area contributed by atoms with Crippen LogP contribution in [0.2, 0.25) is 0 Å². The number of fused-ring (bicyclic) bond motifs is 1. The van der Waals surface area contributed by atoms with Crippen LogP contribution in [0.1, 0.15) is 49.5 Å². The molecule has 5 heteroatoms. The zero-order valence-corrected chi connectivity index (χ0v) is 17.9. The van der Waals surface area contributed by atoms with Gasteiger partial charge >= 0.3 is 0 Å². The number of hydrogen-bond donors (Lipinski definition) is 1. The molecule has 1 saturated heterocycles. The van der Waals surface area contributed by atoms with E-state index in [9.17, 15) is 4.79 Å². The minimum absolute atomic E-state index is 0.0536. The Bertz CT molecular complexity index is 939. The van der Waals surface area contributed by atoms with E-state index in [1.807, 2.05) is 0 Å². The van der Waals surface area contributed by atoms with Gasteiger partial charge < -0.3 is 14.5 Å². The molecule has 2 aliphatic heterocycles. The zero-order valence-electron chi connectivity index (χ0n) is 17.9. The zero-order chi connectivity index (χ0) is 20.6. The number of nitrogens with zero attached hydrogens (tertiary/aromatic N) is 1. The van der Waals surface area contributed by atoms with Crippen molar-refractivity contribution >= 4 is 0 Å². The molecule has 0 radical (unpaired) electrons. The molecule has 1 spiro atoms. The molecule has 1 saturated carbocycles. The van der Waals surface area contributed by atoms with Gasteiger partial charge in [-0.2, -0.15) is 0 Å². The van der Waals surface area contributed by atoms with Crippen LogP contribution in [-0.4, -0.2) is 30.6 Å². The predicted molar refractivity (Wildman–Crippen MR) is 117 cm³/mol. The van der Waals surface area contributed by atoms with E-state index in [4.69, 9.17) is 9.15 Å². The molecule has 5 nitrogen and oxygen atoms in total. The van der Waals surface area contributed by atoms with Crippen molar-refractivity contribution in [3.05, 3.63) is 63.7 Å². The van der Waals surface area contributed by atoms with Gasteiger partial charge in [0.2, 0.25) is 11.2 Å². The molecule has 2 fully saturated rings. The average molecular weight is 409 g/mol. The van der Waals surface area contributed by atoms with Gasteiger partial charge in [0.15, 0.2) is 0 Å². The first-order valence-electron chi connectivity index (χ1n) is 11.4. The molecule has 1 N–H and O–H groups in total. The fourth-order valence-electron chi connectivity index (χ4n) is 5.56. The van der Waals surface area contributed by atoms with Crippen molar-refractivity contribution in [3.63, 3.8) is 0 Å². The van der Waals surface area contributed by atoms with Crippen LogP contribution >= 0.6 is 0 Å². The van der Waals surface area contributed by atoms with Crippen molar-refractivity contribution in [2.75, 3.05) is 19.6 Å². The molecule has 160 valence electrons. The summed E-state index contributed by atoms with van der Waals surface area (Å²) >= 11 is 0. The summed E-state index contributed by atoms with van der Waals surface area (Å²) in [6.07, 6.45) is 7.59. The predicted octanol–water partition coefficient (Wildman–Crippen LogP) is 3.75. The van der Waals surface area contributed by atoms with E-state index in [-0.39, 0.29) is 11.5 Å². The van der Waals surface area contributed by atoms with Gasteiger partial charge in [-0.25, -0.2) is 0 Å². The molecule has 1 aromatic heterocycles. The molecule has 0 bridgehead atoms. The first-order chi connectivity index (χ1) is 14.6. The highest BCUT2D eigenvalue weighted by atomic mass is 16.5. The maximum Gasteiger partial charge on any atom is 0.227 e.